The molecule has 1 N–H and O–H groups in total. The van der Waals surface area contributed by atoms with Crippen LogP contribution in [0, 0.1) is 13.8 Å². The fourth-order valence-corrected chi connectivity index (χ4v) is 4.26. The molecule has 1 saturated heterocycles. The number of amides is 1. The molecule has 0 aromatic carbocycles. The normalized spacial score (nSPS) is 16.7. The zero-order valence-electron chi connectivity index (χ0n) is 17.2. The minimum Gasteiger partial charge on any atom is -0.339 e. The molecule has 1 aliphatic rings. The van der Waals surface area contributed by atoms with Gasteiger partial charge in [-0.15, -0.1) is 11.3 Å². The molecule has 1 aliphatic heterocycles. The molecule has 4 rings (SSSR count). The summed E-state index contributed by atoms with van der Waals surface area (Å²) in [5, 5.41) is 6.25. The topological polar surface area (TPSA) is 71.0 Å². The van der Waals surface area contributed by atoms with Crippen molar-refractivity contribution in [3.8, 4) is 0 Å². The minimum atomic E-state index is 0.0433. The fourth-order valence-electron chi connectivity index (χ4n) is 3.68. The molecule has 154 valence electrons. The van der Waals surface area contributed by atoms with Gasteiger partial charge in [-0.05, 0) is 62.6 Å². The zero-order valence-corrected chi connectivity index (χ0v) is 18.0. The number of aryl methyl sites for hydroxylation is 2. The van der Waals surface area contributed by atoms with Gasteiger partial charge >= 0.3 is 0 Å². The van der Waals surface area contributed by atoms with E-state index in [0.717, 1.165) is 47.4 Å². The lowest BCUT2D eigenvalue weighted by Gasteiger charge is -2.32. The molecular weight excluding hydrogens is 394 g/mol. The minimum absolute atomic E-state index is 0.0433. The van der Waals surface area contributed by atoms with Gasteiger partial charge in [0.2, 0.25) is 5.91 Å². The monoisotopic (exact) mass is 419 g/mol. The van der Waals surface area contributed by atoms with Crippen molar-refractivity contribution in [2.75, 3.05) is 18.4 Å². The standard InChI is InChI=1S/C23H25N5OS/c1-16-5-3-7-21(25-16)27-22-13-18(10-11-24-22)19-6-4-12-28(14-19)23(29)9-8-20-15-30-17(2)26-20/h3,5,7-11,13,15,19H,4,6,12,14H2,1-2H3,(H,24,25,27)/b9-8+/t19-/m0/s1. The summed E-state index contributed by atoms with van der Waals surface area (Å²) < 4.78 is 0. The Bertz CT molecular complexity index is 1060. The van der Waals surface area contributed by atoms with E-state index in [4.69, 9.17) is 0 Å². The summed E-state index contributed by atoms with van der Waals surface area (Å²) in [4.78, 5) is 27.9. The van der Waals surface area contributed by atoms with Gasteiger partial charge in [-0.25, -0.2) is 15.0 Å². The number of hydrogen-bond donors (Lipinski definition) is 1. The lowest BCUT2D eigenvalue weighted by molar-refractivity contribution is -0.127. The van der Waals surface area contributed by atoms with Crippen LogP contribution in [0.2, 0.25) is 0 Å². The summed E-state index contributed by atoms with van der Waals surface area (Å²) in [5.41, 5.74) is 2.99. The second kappa shape index (κ2) is 9.17. The van der Waals surface area contributed by atoms with E-state index in [-0.39, 0.29) is 5.91 Å². The van der Waals surface area contributed by atoms with Crippen LogP contribution in [0.25, 0.3) is 6.08 Å². The summed E-state index contributed by atoms with van der Waals surface area (Å²) in [6, 6.07) is 9.97. The second-order valence-electron chi connectivity index (χ2n) is 7.51. The number of likely N-dealkylation sites (tertiary alicyclic amines) is 1. The van der Waals surface area contributed by atoms with Gasteiger partial charge in [-0.2, -0.15) is 0 Å². The molecule has 0 unspecified atom stereocenters. The van der Waals surface area contributed by atoms with Gasteiger partial charge in [0.1, 0.15) is 11.6 Å². The van der Waals surface area contributed by atoms with Gasteiger partial charge in [0.05, 0.1) is 10.7 Å². The Labute approximate surface area is 180 Å². The molecule has 0 saturated carbocycles. The van der Waals surface area contributed by atoms with Crippen molar-refractivity contribution in [3.05, 3.63) is 69.9 Å². The Morgan fingerprint density at radius 3 is 2.93 bits per heavy atom. The number of nitrogens with one attached hydrogen (secondary N) is 1. The maximum atomic E-state index is 12.7. The maximum absolute atomic E-state index is 12.7. The fraction of sp³-hybridized carbons (Fsp3) is 0.304. The van der Waals surface area contributed by atoms with E-state index in [1.165, 1.54) is 5.56 Å². The Morgan fingerprint density at radius 1 is 1.23 bits per heavy atom. The Hall–Kier alpha value is -3.06. The molecule has 0 bridgehead atoms. The molecule has 6 nitrogen and oxygen atoms in total. The van der Waals surface area contributed by atoms with Crippen LogP contribution in [0.3, 0.4) is 0 Å². The largest absolute Gasteiger partial charge is 0.339 e. The first kappa shape index (κ1) is 20.2. The lowest BCUT2D eigenvalue weighted by Crippen LogP contribution is -2.38. The number of carbonyl (C=O) groups excluding carboxylic acids is 1. The molecule has 0 aliphatic carbocycles. The number of nitrogens with zero attached hydrogens (tertiary/aromatic N) is 4. The number of anilines is 2. The number of piperidine rings is 1. The van der Waals surface area contributed by atoms with Crippen molar-refractivity contribution >= 4 is 35.0 Å². The SMILES string of the molecule is Cc1cccc(Nc2cc([C@H]3CCCN(C(=O)/C=C/c4csc(C)n4)C3)ccn2)n1. The summed E-state index contributed by atoms with van der Waals surface area (Å²) in [5.74, 6) is 1.89. The second-order valence-corrected chi connectivity index (χ2v) is 8.57. The van der Waals surface area contributed by atoms with Crippen LogP contribution in [0.4, 0.5) is 11.6 Å². The Morgan fingerprint density at radius 2 is 2.13 bits per heavy atom. The van der Waals surface area contributed by atoms with Gasteiger partial charge in [0.25, 0.3) is 0 Å². The highest BCUT2D eigenvalue weighted by molar-refractivity contribution is 7.09. The van der Waals surface area contributed by atoms with Crippen molar-refractivity contribution in [2.45, 2.75) is 32.6 Å². The molecule has 3 aromatic heterocycles. The van der Waals surface area contributed by atoms with E-state index in [9.17, 15) is 4.79 Å². The molecule has 0 spiro atoms. The average molecular weight is 420 g/mol. The zero-order chi connectivity index (χ0) is 20.9. The van der Waals surface area contributed by atoms with Crippen molar-refractivity contribution in [1.29, 1.82) is 0 Å². The summed E-state index contributed by atoms with van der Waals surface area (Å²) >= 11 is 1.59. The third-order valence-corrected chi connectivity index (χ3v) is 5.96. The first-order valence-electron chi connectivity index (χ1n) is 10.1. The van der Waals surface area contributed by atoms with Crippen LogP contribution in [0.5, 0.6) is 0 Å². The molecule has 30 heavy (non-hydrogen) atoms. The smallest absolute Gasteiger partial charge is 0.246 e. The van der Waals surface area contributed by atoms with Crippen molar-refractivity contribution in [3.63, 3.8) is 0 Å². The number of carbonyl (C=O) groups is 1. The van der Waals surface area contributed by atoms with Gasteiger partial charge in [-0.1, -0.05) is 6.07 Å². The Balaban J connectivity index is 1.42. The maximum Gasteiger partial charge on any atom is 0.246 e. The highest BCUT2D eigenvalue weighted by Crippen LogP contribution is 2.28. The Kier molecular flexibility index (Phi) is 6.18. The number of rotatable bonds is 5. The molecule has 1 atom stereocenters. The van der Waals surface area contributed by atoms with Crippen molar-refractivity contribution in [1.82, 2.24) is 19.9 Å². The van der Waals surface area contributed by atoms with Crippen LogP contribution in [0.1, 0.15) is 40.7 Å². The van der Waals surface area contributed by atoms with Crippen molar-refractivity contribution < 1.29 is 4.79 Å². The number of hydrogen-bond acceptors (Lipinski definition) is 6. The van der Waals surface area contributed by atoms with E-state index in [0.29, 0.717) is 12.5 Å². The summed E-state index contributed by atoms with van der Waals surface area (Å²) in [7, 11) is 0. The number of thiazole rings is 1. The van der Waals surface area contributed by atoms with E-state index >= 15 is 0 Å². The van der Waals surface area contributed by atoms with Gasteiger partial charge in [-0.3, -0.25) is 4.79 Å². The van der Waals surface area contributed by atoms with Crippen molar-refractivity contribution in [2.24, 2.45) is 0 Å². The number of aromatic nitrogens is 3. The molecule has 4 heterocycles. The summed E-state index contributed by atoms with van der Waals surface area (Å²) in [6.07, 6.45) is 7.31. The third kappa shape index (κ3) is 5.10. The summed E-state index contributed by atoms with van der Waals surface area (Å²) in [6.45, 7) is 5.43. The molecule has 1 amide bonds. The molecule has 7 heteroatoms. The van der Waals surface area contributed by atoms with Gasteiger partial charge in [0.15, 0.2) is 0 Å². The van der Waals surface area contributed by atoms with E-state index in [1.807, 2.05) is 54.6 Å². The van der Waals surface area contributed by atoms with Crippen LogP contribution in [-0.4, -0.2) is 38.8 Å². The van der Waals surface area contributed by atoms with Crippen LogP contribution in [-0.2, 0) is 4.79 Å². The molecule has 3 aromatic rings. The highest BCUT2D eigenvalue weighted by Gasteiger charge is 2.24. The molecular formula is C23H25N5OS. The highest BCUT2D eigenvalue weighted by atomic mass is 32.1. The lowest BCUT2D eigenvalue weighted by atomic mass is 9.91. The first-order chi connectivity index (χ1) is 14.6. The average Bonchev–Trinajstić information content (AvgIpc) is 3.17. The van der Waals surface area contributed by atoms with Crippen LogP contribution < -0.4 is 5.32 Å². The first-order valence-corrected chi connectivity index (χ1v) is 11.0. The van der Waals surface area contributed by atoms with Crippen LogP contribution in [0.15, 0.2) is 48.0 Å². The number of pyridine rings is 2. The quantitative estimate of drug-likeness (QED) is 0.606. The molecule has 0 radical (unpaired) electrons. The van der Waals surface area contributed by atoms with Gasteiger partial charge < -0.3 is 10.2 Å². The predicted octanol–water partition coefficient (Wildman–Crippen LogP) is 4.71. The van der Waals surface area contributed by atoms with E-state index in [1.54, 1.807) is 23.5 Å². The third-order valence-electron chi connectivity index (χ3n) is 5.17. The van der Waals surface area contributed by atoms with Gasteiger partial charge in [0, 0.05) is 42.4 Å². The predicted molar refractivity (Wildman–Crippen MR) is 121 cm³/mol. The molecule has 1 fully saturated rings. The van der Waals surface area contributed by atoms with Crippen LogP contribution >= 0.6 is 11.3 Å². The van der Waals surface area contributed by atoms with E-state index < -0.39 is 0 Å². The van der Waals surface area contributed by atoms with E-state index in [2.05, 4.69) is 26.3 Å².